The normalized spacial score (nSPS) is 11.9. The third kappa shape index (κ3) is 4.65. The van der Waals surface area contributed by atoms with Gasteiger partial charge in [0.25, 0.3) is 5.91 Å². The van der Waals surface area contributed by atoms with Crippen LogP contribution in [-0.2, 0) is 0 Å². The average molecular weight is 546 g/mol. The number of aromatic carboxylic acids is 1. The number of fused-ring (bicyclic) bond motifs is 2. The molecule has 3 aromatic heterocycles. The van der Waals surface area contributed by atoms with Crippen molar-refractivity contribution >= 4 is 45.5 Å². The first kappa shape index (κ1) is 25.2. The van der Waals surface area contributed by atoms with E-state index < -0.39 is 12.0 Å². The Morgan fingerprint density at radius 1 is 0.825 bits per heavy atom. The zero-order valence-electron chi connectivity index (χ0n) is 21.4. The standard InChI is InChI=1S/C32H23N3O4S/c1-19(20-6-9-22(10-7-20)32(38)39)33-31(37)29-18-25(27-14-15-40-34-27)17-26-12-13-28(35(26)29)30(36)24-11-8-21-4-2-3-5-23(21)16-24/h2-19H,1H3,(H,33,37)(H,38,39)/t19-/m0/s1. The fourth-order valence-corrected chi connectivity index (χ4v) is 5.38. The first-order chi connectivity index (χ1) is 19.4. The van der Waals surface area contributed by atoms with Gasteiger partial charge in [-0.3, -0.25) is 9.59 Å². The molecule has 0 bridgehead atoms. The topological polar surface area (TPSA) is 101 Å². The molecule has 7 nitrogen and oxygen atoms in total. The summed E-state index contributed by atoms with van der Waals surface area (Å²) in [6.07, 6.45) is 0. The van der Waals surface area contributed by atoms with Gasteiger partial charge in [0.1, 0.15) is 5.69 Å². The highest BCUT2D eigenvalue weighted by Gasteiger charge is 2.22. The van der Waals surface area contributed by atoms with Crippen LogP contribution in [0.15, 0.2) is 102 Å². The molecule has 40 heavy (non-hydrogen) atoms. The Labute approximate surface area is 233 Å². The summed E-state index contributed by atoms with van der Waals surface area (Å²) in [7, 11) is 0. The maximum atomic E-state index is 13.8. The van der Waals surface area contributed by atoms with Crippen LogP contribution in [-0.4, -0.2) is 31.5 Å². The molecule has 2 N–H and O–H groups in total. The Kier molecular flexibility index (Phi) is 6.45. The van der Waals surface area contributed by atoms with E-state index in [2.05, 4.69) is 9.69 Å². The molecule has 0 spiro atoms. The minimum Gasteiger partial charge on any atom is -0.478 e. The fourth-order valence-electron chi connectivity index (χ4n) is 4.85. The van der Waals surface area contributed by atoms with E-state index in [4.69, 9.17) is 0 Å². The SMILES string of the molecule is C[C@H](NC(=O)c1cc(-c2ccsn2)cc2ccc(C(=O)c3ccc4ccccc4c3)n12)c1ccc(C(=O)O)cc1. The highest BCUT2D eigenvalue weighted by molar-refractivity contribution is 7.03. The van der Waals surface area contributed by atoms with E-state index in [-0.39, 0.29) is 17.3 Å². The van der Waals surface area contributed by atoms with E-state index >= 15 is 0 Å². The molecular formula is C32H23N3O4S. The third-order valence-corrected chi connectivity index (χ3v) is 7.52. The van der Waals surface area contributed by atoms with Crippen molar-refractivity contribution in [3.63, 3.8) is 0 Å². The van der Waals surface area contributed by atoms with Crippen LogP contribution in [0.1, 0.15) is 55.4 Å². The van der Waals surface area contributed by atoms with E-state index in [0.29, 0.717) is 22.5 Å². The average Bonchev–Trinajstić information content (AvgIpc) is 3.67. The molecule has 0 radical (unpaired) electrons. The van der Waals surface area contributed by atoms with Gasteiger partial charge < -0.3 is 14.8 Å². The fraction of sp³-hybridized carbons (Fsp3) is 0.0625. The van der Waals surface area contributed by atoms with Crippen molar-refractivity contribution in [3.05, 3.63) is 131 Å². The van der Waals surface area contributed by atoms with Crippen molar-refractivity contribution in [2.24, 2.45) is 0 Å². The summed E-state index contributed by atoms with van der Waals surface area (Å²) in [5.41, 5.74) is 4.32. The van der Waals surface area contributed by atoms with Gasteiger partial charge in [0, 0.05) is 22.0 Å². The van der Waals surface area contributed by atoms with Gasteiger partial charge in [-0.25, -0.2) is 4.79 Å². The number of hydrogen-bond acceptors (Lipinski definition) is 5. The van der Waals surface area contributed by atoms with Crippen molar-refractivity contribution in [1.82, 2.24) is 14.1 Å². The number of hydrogen-bond donors (Lipinski definition) is 2. The van der Waals surface area contributed by atoms with Gasteiger partial charge in [-0.2, -0.15) is 4.37 Å². The van der Waals surface area contributed by atoms with Gasteiger partial charge in [0.15, 0.2) is 0 Å². The monoisotopic (exact) mass is 545 g/mol. The number of carbonyl (C=O) groups is 3. The Morgan fingerprint density at radius 3 is 2.30 bits per heavy atom. The Morgan fingerprint density at radius 2 is 1.57 bits per heavy atom. The predicted octanol–water partition coefficient (Wildman–Crippen LogP) is 6.64. The molecule has 8 heteroatoms. The smallest absolute Gasteiger partial charge is 0.335 e. The number of carboxylic acids is 1. The predicted molar refractivity (Wildman–Crippen MR) is 155 cm³/mol. The van der Waals surface area contributed by atoms with Crippen molar-refractivity contribution in [1.29, 1.82) is 0 Å². The Hall–Kier alpha value is -5.08. The molecule has 0 saturated heterocycles. The lowest BCUT2D eigenvalue weighted by atomic mass is 10.0. The number of aromatic nitrogens is 2. The summed E-state index contributed by atoms with van der Waals surface area (Å²) in [4.78, 5) is 38.8. The molecule has 0 saturated carbocycles. The Bertz CT molecular complexity index is 1910. The van der Waals surface area contributed by atoms with Crippen LogP contribution >= 0.6 is 11.5 Å². The van der Waals surface area contributed by atoms with Gasteiger partial charge in [-0.15, -0.1) is 0 Å². The number of ketones is 1. The molecule has 6 aromatic rings. The lowest BCUT2D eigenvalue weighted by molar-refractivity contribution is 0.0696. The number of rotatable bonds is 7. The number of nitrogens with one attached hydrogen (secondary N) is 1. The zero-order chi connectivity index (χ0) is 27.8. The van der Waals surface area contributed by atoms with Crippen molar-refractivity contribution in [2.45, 2.75) is 13.0 Å². The van der Waals surface area contributed by atoms with Crippen LogP contribution in [0.3, 0.4) is 0 Å². The number of pyridine rings is 1. The number of carboxylic acid groups (broad SMARTS) is 1. The second kappa shape index (κ2) is 10.2. The zero-order valence-corrected chi connectivity index (χ0v) is 22.2. The largest absolute Gasteiger partial charge is 0.478 e. The van der Waals surface area contributed by atoms with Crippen molar-refractivity contribution < 1.29 is 19.5 Å². The molecule has 0 fully saturated rings. The summed E-state index contributed by atoms with van der Waals surface area (Å²) in [6.45, 7) is 1.83. The van der Waals surface area contributed by atoms with E-state index in [1.54, 1.807) is 34.7 Å². The summed E-state index contributed by atoms with van der Waals surface area (Å²) >= 11 is 1.32. The molecule has 3 aromatic carbocycles. The Balaban J connectivity index is 1.41. The van der Waals surface area contributed by atoms with E-state index in [1.165, 1.54) is 23.7 Å². The molecule has 1 atom stereocenters. The minimum absolute atomic E-state index is 0.170. The van der Waals surface area contributed by atoms with Crippen LogP contribution in [0, 0.1) is 0 Å². The molecule has 196 valence electrons. The molecule has 3 heterocycles. The van der Waals surface area contributed by atoms with Gasteiger partial charge in [0.2, 0.25) is 5.78 Å². The van der Waals surface area contributed by atoms with E-state index in [1.807, 2.05) is 66.9 Å². The van der Waals surface area contributed by atoms with Crippen LogP contribution < -0.4 is 5.32 Å². The number of benzene rings is 3. The van der Waals surface area contributed by atoms with Crippen LogP contribution in [0.5, 0.6) is 0 Å². The van der Waals surface area contributed by atoms with E-state index in [0.717, 1.165) is 27.6 Å². The maximum Gasteiger partial charge on any atom is 0.335 e. The van der Waals surface area contributed by atoms with Gasteiger partial charge >= 0.3 is 5.97 Å². The molecular weight excluding hydrogens is 522 g/mol. The van der Waals surface area contributed by atoms with E-state index in [9.17, 15) is 19.5 Å². The van der Waals surface area contributed by atoms with Crippen LogP contribution in [0.4, 0.5) is 0 Å². The summed E-state index contributed by atoms with van der Waals surface area (Å²) in [5.74, 6) is -1.58. The summed E-state index contributed by atoms with van der Waals surface area (Å²) in [5, 5.41) is 16.1. The number of carbonyl (C=O) groups excluding carboxylic acids is 2. The molecule has 0 aliphatic carbocycles. The molecule has 1 amide bonds. The van der Waals surface area contributed by atoms with Gasteiger partial charge in [-0.05, 0) is 83.3 Å². The van der Waals surface area contributed by atoms with Gasteiger partial charge in [-0.1, -0.05) is 48.5 Å². The van der Waals surface area contributed by atoms with Gasteiger partial charge in [0.05, 0.1) is 23.0 Å². The second-order valence-corrected chi connectivity index (χ2v) is 10.2. The summed E-state index contributed by atoms with van der Waals surface area (Å²) < 4.78 is 6.11. The first-order valence-electron chi connectivity index (χ1n) is 12.6. The number of nitrogens with zero attached hydrogens (tertiary/aromatic N) is 2. The van der Waals surface area contributed by atoms with Crippen LogP contribution in [0.25, 0.3) is 27.5 Å². The lowest BCUT2D eigenvalue weighted by Crippen LogP contribution is -2.29. The minimum atomic E-state index is -1.01. The maximum absolute atomic E-state index is 13.8. The second-order valence-electron chi connectivity index (χ2n) is 9.51. The highest BCUT2D eigenvalue weighted by Crippen LogP contribution is 2.27. The number of amides is 1. The van der Waals surface area contributed by atoms with Crippen LogP contribution in [0.2, 0.25) is 0 Å². The quantitative estimate of drug-likeness (QED) is 0.219. The summed E-state index contributed by atoms with van der Waals surface area (Å²) in [6, 6.07) is 28.5. The molecule has 0 unspecified atom stereocenters. The third-order valence-electron chi connectivity index (χ3n) is 6.96. The highest BCUT2D eigenvalue weighted by atomic mass is 32.1. The van der Waals surface area contributed by atoms with Crippen molar-refractivity contribution in [2.75, 3.05) is 0 Å². The molecule has 0 aliphatic rings. The molecule has 6 rings (SSSR count). The molecule has 0 aliphatic heterocycles. The first-order valence-corrected chi connectivity index (χ1v) is 13.5. The van der Waals surface area contributed by atoms with Crippen molar-refractivity contribution in [3.8, 4) is 11.3 Å². The lowest BCUT2D eigenvalue weighted by Gasteiger charge is -2.17.